The van der Waals surface area contributed by atoms with Gasteiger partial charge in [0.25, 0.3) is 5.91 Å². The summed E-state index contributed by atoms with van der Waals surface area (Å²) in [7, 11) is -3.70. The number of nitrogens with zero attached hydrogens (tertiary/aromatic N) is 3. The molecular formula is C18H26N4O4S. The van der Waals surface area contributed by atoms with Gasteiger partial charge in [0, 0.05) is 64.3 Å². The number of piperazine rings is 2. The Morgan fingerprint density at radius 1 is 1.07 bits per heavy atom. The van der Waals surface area contributed by atoms with Gasteiger partial charge >= 0.3 is 0 Å². The quantitative estimate of drug-likeness (QED) is 0.778. The van der Waals surface area contributed by atoms with Crippen LogP contribution in [0.4, 0.5) is 0 Å². The molecule has 1 unspecified atom stereocenters. The molecule has 1 atom stereocenters. The van der Waals surface area contributed by atoms with Gasteiger partial charge < -0.3 is 15.1 Å². The molecule has 1 N–H and O–H groups in total. The first-order chi connectivity index (χ1) is 12.8. The van der Waals surface area contributed by atoms with E-state index in [-0.39, 0.29) is 35.8 Å². The van der Waals surface area contributed by atoms with Crippen LogP contribution in [0.3, 0.4) is 0 Å². The van der Waals surface area contributed by atoms with Gasteiger partial charge in [-0.05, 0) is 25.1 Å². The van der Waals surface area contributed by atoms with E-state index in [1.165, 1.54) is 23.4 Å². The second kappa shape index (κ2) is 7.95. The Labute approximate surface area is 160 Å². The number of carbonyl (C=O) groups is 2. The topological polar surface area (TPSA) is 90.0 Å². The van der Waals surface area contributed by atoms with Crippen molar-refractivity contribution < 1.29 is 18.0 Å². The average Bonchev–Trinajstić information content (AvgIpc) is 2.67. The molecule has 27 heavy (non-hydrogen) atoms. The molecule has 1 aromatic rings. The third kappa shape index (κ3) is 4.31. The zero-order valence-corrected chi connectivity index (χ0v) is 16.5. The van der Waals surface area contributed by atoms with Crippen molar-refractivity contribution in [2.45, 2.75) is 24.8 Å². The summed E-state index contributed by atoms with van der Waals surface area (Å²) in [5, 5.41) is 3.28. The Balaban J connectivity index is 1.76. The van der Waals surface area contributed by atoms with Crippen LogP contribution < -0.4 is 5.32 Å². The van der Waals surface area contributed by atoms with Crippen LogP contribution in [0.2, 0.25) is 0 Å². The van der Waals surface area contributed by atoms with Crippen LogP contribution in [0.25, 0.3) is 0 Å². The van der Waals surface area contributed by atoms with E-state index in [2.05, 4.69) is 5.32 Å². The molecule has 0 spiro atoms. The summed E-state index contributed by atoms with van der Waals surface area (Å²) in [6, 6.07) is 6.46. The number of nitrogens with one attached hydrogen (secondary N) is 1. The largest absolute Gasteiger partial charge is 0.340 e. The number of carbonyl (C=O) groups excluding carboxylic acids is 2. The average molecular weight is 394 g/mol. The van der Waals surface area contributed by atoms with E-state index in [9.17, 15) is 18.0 Å². The summed E-state index contributed by atoms with van der Waals surface area (Å²) in [6.45, 7) is 6.71. The van der Waals surface area contributed by atoms with Gasteiger partial charge in [0.15, 0.2) is 0 Å². The summed E-state index contributed by atoms with van der Waals surface area (Å²) in [4.78, 5) is 27.7. The molecule has 2 amide bonds. The van der Waals surface area contributed by atoms with Gasteiger partial charge in [-0.2, -0.15) is 4.31 Å². The molecule has 2 saturated heterocycles. The molecule has 0 aliphatic carbocycles. The van der Waals surface area contributed by atoms with E-state index in [4.69, 9.17) is 0 Å². The number of hydrogen-bond donors (Lipinski definition) is 1. The fourth-order valence-corrected chi connectivity index (χ4v) is 4.95. The summed E-state index contributed by atoms with van der Waals surface area (Å²) >= 11 is 0. The highest BCUT2D eigenvalue weighted by molar-refractivity contribution is 7.89. The van der Waals surface area contributed by atoms with Crippen molar-refractivity contribution in [3.05, 3.63) is 29.8 Å². The van der Waals surface area contributed by atoms with Gasteiger partial charge in [0.05, 0.1) is 4.90 Å². The van der Waals surface area contributed by atoms with E-state index < -0.39 is 10.0 Å². The third-order valence-electron chi connectivity index (χ3n) is 5.06. The monoisotopic (exact) mass is 394 g/mol. The normalized spacial score (nSPS) is 21.9. The number of sulfonamides is 1. The standard InChI is InChI=1S/C18H26N4O4S/c1-14-13-21(7-6-19-14)18(24)16-4-3-5-17(12-16)27(25,26)22-10-8-20(9-11-22)15(2)23/h3-5,12,14,19H,6-11,13H2,1-2H3. The predicted molar refractivity (Wildman–Crippen MR) is 101 cm³/mol. The molecule has 3 rings (SSSR count). The third-order valence-corrected chi connectivity index (χ3v) is 6.95. The smallest absolute Gasteiger partial charge is 0.253 e. The predicted octanol–water partition coefficient (Wildman–Crippen LogP) is -0.0267. The lowest BCUT2D eigenvalue weighted by atomic mass is 10.1. The maximum atomic E-state index is 13.0. The molecule has 0 radical (unpaired) electrons. The van der Waals surface area contributed by atoms with Crippen LogP contribution in [-0.2, 0) is 14.8 Å². The molecule has 2 aliphatic heterocycles. The maximum Gasteiger partial charge on any atom is 0.253 e. The van der Waals surface area contributed by atoms with E-state index in [1.54, 1.807) is 21.9 Å². The van der Waals surface area contributed by atoms with E-state index in [0.29, 0.717) is 31.7 Å². The van der Waals surface area contributed by atoms with Crippen molar-refractivity contribution in [1.82, 2.24) is 19.4 Å². The molecule has 8 nitrogen and oxygen atoms in total. The minimum Gasteiger partial charge on any atom is -0.340 e. The van der Waals surface area contributed by atoms with Crippen molar-refractivity contribution in [1.29, 1.82) is 0 Å². The van der Waals surface area contributed by atoms with Crippen molar-refractivity contribution >= 4 is 21.8 Å². The van der Waals surface area contributed by atoms with Crippen molar-refractivity contribution in [3.63, 3.8) is 0 Å². The Morgan fingerprint density at radius 3 is 2.41 bits per heavy atom. The highest BCUT2D eigenvalue weighted by Crippen LogP contribution is 2.20. The molecular weight excluding hydrogens is 368 g/mol. The summed E-state index contributed by atoms with van der Waals surface area (Å²) in [5.41, 5.74) is 0.382. The summed E-state index contributed by atoms with van der Waals surface area (Å²) < 4.78 is 27.3. The molecule has 9 heteroatoms. The maximum absolute atomic E-state index is 13.0. The van der Waals surface area contributed by atoms with Crippen molar-refractivity contribution in [3.8, 4) is 0 Å². The van der Waals surface area contributed by atoms with Crippen molar-refractivity contribution in [2.75, 3.05) is 45.8 Å². The second-order valence-electron chi connectivity index (χ2n) is 7.04. The number of rotatable bonds is 3. The summed E-state index contributed by atoms with van der Waals surface area (Å²) in [6.07, 6.45) is 0. The minimum absolute atomic E-state index is 0.0510. The Hall–Kier alpha value is -1.97. The van der Waals surface area contributed by atoms with Gasteiger partial charge in [-0.1, -0.05) is 6.07 Å². The molecule has 148 valence electrons. The molecule has 2 fully saturated rings. The first-order valence-electron chi connectivity index (χ1n) is 9.17. The second-order valence-corrected chi connectivity index (χ2v) is 8.98. The fraction of sp³-hybridized carbons (Fsp3) is 0.556. The van der Waals surface area contributed by atoms with Crippen LogP contribution >= 0.6 is 0 Å². The fourth-order valence-electron chi connectivity index (χ4n) is 3.48. The Kier molecular flexibility index (Phi) is 5.83. The molecule has 2 aliphatic rings. The molecule has 1 aromatic carbocycles. The molecule has 2 heterocycles. The van der Waals surface area contributed by atoms with Crippen LogP contribution in [0.15, 0.2) is 29.2 Å². The zero-order valence-electron chi connectivity index (χ0n) is 15.7. The highest BCUT2D eigenvalue weighted by atomic mass is 32.2. The van der Waals surface area contributed by atoms with Crippen molar-refractivity contribution in [2.24, 2.45) is 0 Å². The molecule has 0 saturated carbocycles. The molecule has 0 bridgehead atoms. The van der Waals surface area contributed by atoms with Gasteiger partial charge in [0.1, 0.15) is 0 Å². The highest BCUT2D eigenvalue weighted by Gasteiger charge is 2.30. The van der Waals surface area contributed by atoms with Gasteiger partial charge in [0.2, 0.25) is 15.9 Å². The summed E-state index contributed by atoms with van der Waals surface area (Å²) in [5.74, 6) is -0.202. The van der Waals surface area contributed by atoms with Crippen LogP contribution in [0.1, 0.15) is 24.2 Å². The van der Waals surface area contributed by atoms with E-state index in [1.807, 2.05) is 6.92 Å². The van der Waals surface area contributed by atoms with E-state index >= 15 is 0 Å². The number of amides is 2. The molecule has 0 aromatic heterocycles. The van der Waals surface area contributed by atoms with Gasteiger partial charge in [-0.15, -0.1) is 0 Å². The number of hydrogen-bond acceptors (Lipinski definition) is 5. The van der Waals surface area contributed by atoms with Gasteiger partial charge in [-0.25, -0.2) is 8.42 Å². The Morgan fingerprint density at radius 2 is 1.78 bits per heavy atom. The lowest BCUT2D eigenvalue weighted by molar-refractivity contribution is -0.129. The van der Waals surface area contributed by atoms with Crippen LogP contribution in [0.5, 0.6) is 0 Å². The van der Waals surface area contributed by atoms with E-state index in [0.717, 1.165) is 6.54 Å². The van der Waals surface area contributed by atoms with Gasteiger partial charge in [-0.3, -0.25) is 9.59 Å². The SMILES string of the molecule is CC(=O)N1CCN(S(=O)(=O)c2cccc(C(=O)N3CCNC(C)C3)c2)CC1. The van der Waals surface area contributed by atoms with Crippen LogP contribution in [0, 0.1) is 0 Å². The number of benzene rings is 1. The Bertz CT molecular complexity index is 818. The lowest BCUT2D eigenvalue weighted by Gasteiger charge is -2.33. The first kappa shape index (κ1) is 19.8. The van der Waals surface area contributed by atoms with Crippen LogP contribution in [-0.4, -0.2) is 86.2 Å². The zero-order chi connectivity index (χ0) is 19.6. The minimum atomic E-state index is -3.70. The first-order valence-corrected chi connectivity index (χ1v) is 10.6. The lowest BCUT2D eigenvalue weighted by Crippen LogP contribution is -2.51.